The number of nitrogens with one attached hydrogen (secondary N) is 2. The van der Waals surface area contributed by atoms with E-state index in [2.05, 4.69) is 15.6 Å². The number of carbonyl (C=O) groups is 1. The molecule has 6 heteroatoms. The van der Waals surface area contributed by atoms with E-state index in [0.29, 0.717) is 24.6 Å². The molecule has 0 aliphatic rings. The maximum Gasteiger partial charge on any atom is 0.270 e. The lowest BCUT2D eigenvalue weighted by Crippen LogP contribution is -2.23. The first-order valence-corrected chi connectivity index (χ1v) is 8.01. The Hall–Kier alpha value is -3.28. The number of anilines is 2. The molecule has 0 aliphatic heterocycles. The number of rotatable bonds is 7. The summed E-state index contributed by atoms with van der Waals surface area (Å²) in [6.07, 6.45) is 3.17. The van der Waals surface area contributed by atoms with Crippen LogP contribution in [0.3, 0.4) is 0 Å². The summed E-state index contributed by atoms with van der Waals surface area (Å²) >= 11 is 0. The molecule has 0 spiro atoms. The van der Waals surface area contributed by atoms with Crippen molar-refractivity contribution < 1.29 is 13.9 Å². The Bertz CT molecular complexity index is 814. The van der Waals surface area contributed by atoms with Gasteiger partial charge >= 0.3 is 0 Å². The van der Waals surface area contributed by atoms with Crippen molar-refractivity contribution >= 4 is 17.3 Å². The number of hydrogen-bond acceptors (Lipinski definition) is 5. The maximum atomic E-state index is 12.2. The molecular weight excluding hydrogens is 318 g/mol. The van der Waals surface area contributed by atoms with E-state index in [1.165, 1.54) is 0 Å². The Kier molecular flexibility index (Phi) is 5.31. The van der Waals surface area contributed by atoms with Gasteiger partial charge in [0.15, 0.2) is 0 Å². The first-order chi connectivity index (χ1) is 12.2. The van der Waals surface area contributed by atoms with Gasteiger partial charge in [0.1, 0.15) is 17.2 Å². The van der Waals surface area contributed by atoms with Crippen molar-refractivity contribution in [2.75, 3.05) is 11.9 Å². The highest BCUT2D eigenvalue weighted by Crippen LogP contribution is 2.20. The molecule has 0 aliphatic carbocycles. The summed E-state index contributed by atoms with van der Waals surface area (Å²) in [7, 11) is 0. The van der Waals surface area contributed by atoms with Crippen LogP contribution in [0.25, 0.3) is 0 Å². The second-order valence-corrected chi connectivity index (χ2v) is 5.27. The molecule has 0 bridgehead atoms. The molecule has 0 fully saturated rings. The smallest absolute Gasteiger partial charge is 0.270 e. The van der Waals surface area contributed by atoms with Gasteiger partial charge in [-0.05, 0) is 55.5 Å². The third kappa shape index (κ3) is 4.60. The van der Waals surface area contributed by atoms with Crippen molar-refractivity contribution in [2.45, 2.75) is 13.5 Å². The van der Waals surface area contributed by atoms with Gasteiger partial charge in [0, 0.05) is 17.6 Å². The standard InChI is InChI=1S/C19H19N3O3/c1-2-24-16-7-5-14(6-8-16)22-15-9-10-20-18(12-15)19(23)21-13-17-4-3-11-25-17/h3-12H,2,13H2,1H3,(H,20,22)(H,21,23). The summed E-state index contributed by atoms with van der Waals surface area (Å²) in [4.78, 5) is 16.3. The third-order valence-corrected chi connectivity index (χ3v) is 3.45. The lowest BCUT2D eigenvalue weighted by Gasteiger charge is -2.09. The van der Waals surface area contributed by atoms with Crippen LogP contribution in [0.5, 0.6) is 5.75 Å². The van der Waals surface area contributed by atoms with Crippen molar-refractivity contribution in [1.29, 1.82) is 0 Å². The second-order valence-electron chi connectivity index (χ2n) is 5.27. The number of nitrogens with zero attached hydrogens (tertiary/aromatic N) is 1. The molecule has 2 N–H and O–H groups in total. The van der Waals surface area contributed by atoms with Crippen molar-refractivity contribution in [1.82, 2.24) is 10.3 Å². The minimum Gasteiger partial charge on any atom is -0.494 e. The van der Waals surface area contributed by atoms with E-state index in [1.54, 1.807) is 36.7 Å². The fourth-order valence-corrected chi connectivity index (χ4v) is 2.27. The minimum atomic E-state index is -0.258. The minimum absolute atomic E-state index is 0.258. The zero-order chi connectivity index (χ0) is 17.5. The zero-order valence-corrected chi connectivity index (χ0v) is 13.9. The van der Waals surface area contributed by atoms with Gasteiger partial charge < -0.3 is 19.8 Å². The fraction of sp³-hybridized carbons (Fsp3) is 0.158. The topological polar surface area (TPSA) is 76.4 Å². The Morgan fingerprint density at radius 1 is 1.16 bits per heavy atom. The van der Waals surface area contributed by atoms with Crippen molar-refractivity contribution in [3.8, 4) is 5.75 Å². The van der Waals surface area contributed by atoms with Gasteiger partial charge in [-0.2, -0.15) is 0 Å². The Balaban J connectivity index is 1.63. The van der Waals surface area contributed by atoms with Crippen molar-refractivity contribution in [3.05, 3.63) is 72.4 Å². The predicted octanol–water partition coefficient (Wildman–Crippen LogP) is 3.75. The van der Waals surface area contributed by atoms with Gasteiger partial charge in [-0.1, -0.05) is 0 Å². The molecule has 0 unspecified atom stereocenters. The summed E-state index contributed by atoms with van der Waals surface area (Å²) in [5.41, 5.74) is 2.02. The van der Waals surface area contributed by atoms with Gasteiger partial charge in [-0.25, -0.2) is 0 Å². The highest BCUT2D eigenvalue weighted by molar-refractivity contribution is 5.93. The molecule has 3 aromatic rings. The fourth-order valence-electron chi connectivity index (χ4n) is 2.27. The number of hydrogen-bond donors (Lipinski definition) is 2. The Morgan fingerprint density at radius 2 is 2.00 bits per heavy atom. The SMILES string of the molecule is CCOc1ccc(Nc2ccnc(C(=O)NCc3ccco3)c2)cc1. The van der Waals surface area contributed by atoms with E-state index >= 15 is 0 Å². The average Bonchev–Trinajstić information content (AvgIpc) is 3.15. The number of carbonyl (C=O) groups excluding carboxylic acids is 1. The number of pyridine rings is 1. The van der Waals surface area contributed by atoms with Crippen LogP contribution < -0.4 is 15.4 Å². The highest BCUT2D eigenvalue weighted by Gasteiger charge is 2.08. The van der Waals surface area contributed by atoms with Gasteiger partial charge in [0.2, 0.25) is 0 Å². The molecule has 2 heterocycles. The summed E-state index contributed by atoms with van der Waals surface area (Å²) in [6, 6.07) is 14.7. The van der Waals surface area contributed by atoms with Gasteiger partial charge in [0.25, 0.3) is 5.91 Å². The van der Waals surface area contributed by atoms with Crippen LogP contribution in [-0.4, -0.2) is 17.5 Å². The molecule has 0 atom stereocenters. The van der Waals surface area contributed by atoms with Crippen LogP contribution >= 0.6 is 0 Å². The monoisotopic (exact) mass is 337 g/mol. The van der Waals surface area contributed by atoms with E-state index in [1.807, 2.05) is 31.2 Å². The molecule has 6 nitrogen and oxygen atoms in total. The molecule has 0 saturated carbocycles. The van der Waals surface area contributed by atoms with E-state index in [-0.39, 0.29) is 5.91 Å². The molecule has 25 heavy (non-hydrogen) atoms. The number of ether oxygens (including phenoxy) is 1. The van der Waals surface area contributed by atoms with E-state index in [9.17, 15) is 4.79 Å². The lowest BCUT2D eigenvalue weighted by atomic mass is 10.2. The number of amides is 1. The highest BCUT2D eigenvalue weighted by atomic mass is 16.5. The summed E-state index contributed by atoms with van der Waals surface area (Å²) < 4.78 is 10.6. The molecular formula is C19H19N3O3. The predicted molar refractivity (Wildman–Crippen MR) is 95.0 cm³/mol. The number of aromatic nitrogens is 1. The number of benzene rings is 1. The lowest BCUT2D eigenvalue weighted by molar-refractivity contribution is 0.0943. The Labute approximate surface area is 145 Å². The number of furan rings is 1. The first kappa shape index (κ1) is 16.6. The molecule has 0 saturated heterocycles. The second kappa shape index (κ2) is 8.01. The summed E-state index contributed by atoms with van der Waals surface area (Å²) in [6.45, 7) is 2.90. The quantitative estimate of drug-likeness (QED) is 0.687. The summed E-state index contributed by atoms with van der Waals surface area (Å²) in [5, 5.41) is 6.02. The van der Waals surface area contributed by atoms with Crippen LogP contribution in [0.2, 0.25) is 0 Å². The molecule has 3 rings (SSSR count). The van der Waals surface area contributed by atoms with E-state index in [4.69, 9.17) is 9.15 Å². The van der Waals surface area contributed by atoms with Crippen LogP contribution in [-0.2, 0) is 6.54 Å². The largest absolute Gasteiger partial charge is 0.494 e. The molecule has 2 aromatic heterocycles. The van der Waals surface area contributed by atoms with Crippen LogP contribution in [0.15, 0.2) is 65.4 Å². The normalized spacial score (nSPS) is 10.3. The average molecular weight is 337 g/mol. The van der Waals surface area contributed by atoms with Gasteiger partial charge in [-0.15, -0.1) is 0 Å². The summed E-state index contributed by atoms with van der Waals surface area (Å²) in [5.74, 6) is 1.25. The maximum absolute atomic E-state index is 12.2. The first-order valence-electron chi connectivity index (χ1n) is 8.01. The molecule has 1 amide bonds. The van der Waals surface area contributed by atoms with Crippen LogP contribution in [0.1, 0.15) is 23.2 Å². The van der Waals surface area contributed by atoms with Crippen LogP contribution in [0.4, 0.5) is 11.4 Å². The molecule has 128 valence electrons. The third-order valence-electron chi connectivity index (χ3n) is 3.45. The van der Waals surface area contributed by atoms with Gasteiger partial charge in [-0.3, -0.25) is 9.78 Å². The van der Waals surface area contributed by atoms with E-state index in [0.717, 1.165) is 17.1 Å². The van der Waals surface area contributed by atoms with Gasteiger partial charge in [0.05, 0.1) is 19.4 Å². The Morgan fingerprint density at radius 3 is 2.72 bits per heavy atom. The van der Waals surface area contributed by atoms with E-state index < -0.39 is 0 Å². The molecule has 0 radical (unpaired) electrons. The van der Waals surface area contributed by atoms with Crippen molar-refractivity contribution in [3.63, 3.8) is 0 Å². The zero-order valence-electron chi connectivity index (χ0n) is 13.9. The molecule has 1 aromatic carbocycles. The van der Waals surface area contributed by atoms with Crippen LogP contribution in [0, 0.1) is 0 Å². The van der Waals surface area contributed by atoms with Crippen molar-refractivity contribution in [2.24, 2.45) is 0 Å².